The predicted octanol–water partition coefficient (Wildman–Crippen LogP) is 1.19. The van der Waals surface area contributed by atoms with Crippen molar-refractivity contribution in [2.24, 2.45) is 10.4 Å². The molecule has 3 heteroatoms. The van der Waals surface area contributed by atoms with Crippen molar-refractivity contribution in [3.8, 4) is 0 Å². The van der Waals surface area contributed by atoms with Gasteiger partial charge in [-0.05, 0) is 12.8 Å². The van der Waals surface area contributed by atoms with Gasteiger partial charge in [-0.15, -0.1) is 0 Å². The number of ether oxygens (including phenoxy) is 1. The lowest BCUT2D eigenvalue weighted by Gasteiger charge is -2.38. The Bertz CT molecular complexity index is 209. The minimum Gasteiger partial charge on any atom is -0.380 e. The van der Waals surface area contributed by atoms with E-state index in [-0.39, 0.29) is 0 Å². The molecular formula is C10H18N2O. The van der Waals surface area contributed by atoms with Crippen molar-refractivity contribution in [1.29, 1.82) is 0 Å². The molecule has 2 heterocycles. The molecule has 2 rings (SSSR count). The third-order valence-electron chi connectivity index (χ3n) is 2.74. The maximum Gasteiger partial charge on any atom is 0.0963 e. The van der Waals surface area contributed by atoms with Crippen LogP contribution in [0.1, 0.15) is 26.2 Å². The Morgan fingerprint density at radius 2 is 2.31 bits per heavy atom. The summed E-state index contributed by atoms with van der Waals surface area (Å²) >= 11 is 0. The molecule has 0 saturated carbocycles. The molecule has 0 spiro atoms. The van der Waals surface area contributed by atoms with E-state index in [2.05, 4.69) is 17.2 Å². The molecule has 2 aliphatic rings. The number of amidine groups is 1. The van der Waals surface area contributed by atoms with E-state index in [1.165, 1.54) is 18.7 Å². The number of nitrogens with zero attached hydrogens (tertiary/aromatic N) is 1. The van der Waals surface area contributed by atoms with Crippen LogP contribution in [0.5, 0.6) is 0 Å². The lowest BCUT2D eigenvalue weighted by atomic mass is 9.88. The number of aliphatic imine (C=N–C) groups is 1. The van der Waals surface area contributed by atoms with Gasteiger partial charge in [-0.3, -0.25) is 4.99 Å². The Hall–Kier alpha value is -0.570. The molecule has 0 unspecified atom stereocenters. The number of hydrogen-bond donors (Lipinski definition) is 1. The van der Waals surface area contributed by atoms with Gasteiger partial charge in [0, 0.05) is 24.9 Å². The molecule has 0 aromatic heterocycles. The van der Waals surface area contributed by atoms with Gasteiger partial charge in [0.1, 0.15) is 0 Å². The summed E-state index contributed by atoms with van der Waals surface area (Å²) in [5.74, 6) is 1.21. The summed E-state index contributed by atoms with van der Waals surface area (Å²) < 4.78 is 5.20. The summed E-state index contributed by atoms with van der Waals surface area (Å²) in [5.41, 5.74) is 0.361. The normalized spacial score (nSPS) is 26.1. The van der Waals surface area contributed by atoms with Crippen molar-refractivity contribution < 1.29 is 4.74 Å². The first-order valence-corrected chi connectivity index (χ1v) is 5.13. The average molecular weight is 182 g/mol. The van der Waals surface area contributed by atoms with E-state index in [1.807, 2.05) is 0 Å². The molecule has 0 aromatic rings. The van der Waals surface area contributed by atoms with Crippen molar-refractivity contribution in [2.45, 2.75) is 26.2 Å². The highest BCUT2D eigenvalue weighted by Gasteiger charge is 2.33. The molecule has 74 valence electrons. The van der Waals surface area contributed by atoms with E-state index in [0.717, 1.165) is 32.7 Å². The highest BCUT2D eigenvalue weighted by atomic mass is 16.5. The second-order valence-electron chi connectivity index (χ2n) is 4.44. The molecule has 0 amide bonds. The zero-order valence-electron chi connectivity index (χ0n) is 8.31. The minimum atomic E-state index is 0.361. The number of nitrogens with one attached hydrogen (secondary N) is 1. The Labute approximate surface area is 79.6 Å². The van der Waals surface area contributed by atoms with Gasteiger partial charge in [0.15, 0.2) is 0 Å². The summed E-state index contributed by atoms with van der Waals surface area (Å²) in [7, 11) is 0. The van der Waals surface area contributed by atoms with Crippen LogP contribution in [0.3, 0.4) is 0 Å². The predicted molar refractivity (Wildman–Crippen MR) is 53.1 cm³/mol. The van der Waals surface area contributed by atoms with Crippen LogP contribution in [0.2, 0.25) is 0 Å². The van der Waals surface area contributed by atoms with Gasteiger partial charge in [-0.25, -0.2) is 0 Å². The van der Waals surface area contributed by atoms with Crippen molar-refractivity contribution in [3.63, 3.8) is 0 Å². The van der Waals surface area contributed by atoms with Crippen molar-refractivity contribution in [2.75, 3.05) is 26.3 Å². The molecule has 0 atom stereocenters. The molecule has 0 aliphatic carbocycles. The van der Waals surface area contributed by atoms with E-state index in [4.69, 9.17) is 4.74 Å². The van der Waals surface area contributed by atoms with Crippen LogP contribution in [0.25, 0.3) is 0 Å². The first-order chi connectivity index (χ1) is 6.29. The van der Waals surface area contributed by atoms with Gasteiger partial charge in [-0.1, -0.05) is 6.92 Å². The largest absolute Gasteiger partial charge is 0.380 e. The first kappa shape index (κ1) is 9.00. The fourth-order valence-corrected chi connectivity index (χ4v) is 1.71. The molecule has 0 radical (unpaired) electrons. The maximum absolute atomic E-state index is 5.20. The molecule has 2 aliphatic heterocycles. The van der Waals surface area contributed by atoms with Crippen LogP contribution >= 0.6 is 0 Å². The van der Waals surface area contributed by atoms with Crippen LogP contribution < -0.4 is 5.32 Å². The zero-order chi connectivity index (χ0) is 9.15. The van der Waals surface area contributed by atoms with E-state index < -0.39 is 0 Å². The van der Waals surface area contributed by atoms with Gasteiger partial charge in [0.05, 0.1) is 19.0 Å². The van der Waals surface area contributed by atoms with Crippen molar-refractivity contribution in [3.05, 3.63) is 0 Å². The maximum atomic E-state index is 5.20. The zero-order valence-corrected chi connectivity index (χ0v) is 8.31. The summed E-state index contributed by atoms with van der Waals surface area (Å²) in [6.45, 7) is 6.08. The summed E-state index contributed by atoms with van der Waals surface area (Å²) in [6.07, 6.45) is 3.68. The topological polar surface area (TPSA) is 33.6 Å². The molecule has 3 nitrogen and oxygen atoms in total. The van der Waals surface area contributed by atoms with Gasteiger partial charge in [0.25, 0.3) is 0 Å². The summed E-state index contributed by atoms with van der Waals surface area (Å²) in [6, 6.07) is 0. The molecule has 13 heavy (non-hydrogen) atoms. The second-order valence-corrected chi connectivity index (χ2v) is 4.44. The van der Waals surface area contributed by atoms with E-state index in [1.54, 1.807) is 0 Å². The number of rotatable bonds is 2. The Morgan fingerprint density at radius 3 is 2.85 bits per heavy atom. The minimum absolute atomic E-state index is 0.361. The van der Waals surface area contributed by atoms with Crippen LogP contribution in [-0.2, 0) is 4.74 Å². The first-order valence-electron chi connectivity index (χ1n) is 5.13. The van der Waals surface area contributed by atoms with Gasteiger partial charge in [0.2, 0.25) is 0 Å². The monoisotopic (exact) mass is 182 g/mol. The highest BCUT2D eigenvalue weighted by molar-refractivity contribution is 5.82. The molecule has 0 bridgehead atoms. The molecular weight excluding hydrogens is 164 g/mol. The second kappa shape index (κ2) is 3.66. The highest BCUT2D eigenvalue weighted by Crippen LogP contribution is 2.25. The van der Waals surface area contributed by atoms with Crippen molar-refractivity contribution >= 4 is 5.84 Å². The molecule has 1 saturated heterocycles. The van der Waals surface area contributed by atoms with E-state index >= 15 is 0 Å². The summed E-state index contributed by atoms with van der Waals surface area (Å²) in [4.78, 5) is 4.46. The van der Waals surface area contributed by atoms with Crippen LogP contribution in [0.15, 0.2) is 4.99 Å². The third kappa shape index (κ3) is 2.21. The van der Waals surface area contributed by atoms with E-state index in [0.29, 0.717) is 5.41 Å². The quantitative estimate of drug-likeness (QED) is 0.696. The standard InChI is InChI=1S/C10H18N2O/c1-10(7-13-8-10)6-12-9-4-2-3-5-11-9/h2-8H2,1H3,(H,11,12). The van der Waals surface area contributed by atoms with Gasteiger partial charge < -0.3 is 10.1 Å². The molecule has 1 N–H and O–H groups in total. The van der Waals surface area contributed by atoms with Crippen molar-refractivity contribution in [1.82, 2.24) is 5.32 Å². The average Bonchev–Trinajstić information content (AvgIpc) is 2.13. The fourth-order valence-electron chi connectivity index (χ4n) is 1.71. The Morgan fingerprint density at radius 1 is 1.46 bits per heavy atom. The molecule has 0 aromatic carbocycles. The smallest absolute Gasteiger partial charge is 0.0963 e. The molecule has 1 fully saturated rings. The Balaban J connectivity index is 1.75. The lowest BCUT2D eigenvalue weighted by molar-refractivity contribution is -0.0970. The van der Waals surface area contributed by atoms with Crippen LogP contribution in [0, 0.1) is 5.41 Å². The van der Waals surface area contributed by atoms with Crippen LogP contribution in [0.4, 0.5) is 0 Å². The fraction of sp³-hybridized carbons (Fsp3) is 0.900. The lowest BCUT2D eigenvalue weighted by Crippen LogP contribution is -2.48. The number of hydrogen-bond acceptors (Lipinski definition) is 3. The van der Waals surface area contributed by atoms with E-state index in [9.17, 15) is 0 Å². The third-order valence-corrected chi connectivity index (χ3v) is 2.74. The van der Waals surface area contributed by atoms with Gasteiger partial charge >= 0.3 is 0 Å². The SMILES string of the molecule is CC1(CNC2=NCCCC2)COC1. The van der Waals surface area contributed by atoms with Gasteiger partial charge in [-0.2, -0.15) is 0 Å². The van der Waals surface area contributed by atoms with Crippen LogP contribution in [-0.4, -0.2) is 32.1 Å². The Kier molecular flexibility index (Phi) is 2.54. The summed E-state index contributed by atoms with van der Waals surface area (Å²) in [5, 5.41) is 3.43.